The van der Waals surface area contributed by atoms with Crippen LogP contribution in [0.4, 0.5) is 11.6 Å². The minimum absolute atomic E-state index is 0.201. The standard InChI is InChI=1S/C15H27N5O/c1-10(2)13-17-14(19-16)11(3)15(18-13)20(8-5-9-21)12-6-4-7-12/h10,12,21H,4-9,16H2,1-3H3,(H,17,18,19). The van der Waals surface area contributed by atoms with Gasteiger partial charge >= 0.3 is 0 Å². The minimum atomic E-state index is 0.201. The molecule has 1 aliphatic rings. The molecule has 1 fully saturated rings. The van der Waals surface area contributed by atoms with Crippen molar-refractivity contribution in [2.75, 3.05) is 23.5 Å². The van der Waals surface area contributed by atoms with Crippen LogP contribution in [0.2, 0.25) is 0 Å². The summed E-state index contributed by atoms with van der Waals surface area (Å²) in [4.78, 5) is 11.6. The first-order valence-electron chi connectivity index (χ1n) is 7.81. The normalized spacial score (nSPS) is 15.1. The fourth-order valence-electron chi connectivity index (χ4n) is 2.60. The zero-order chi connectivity index (χ0) is 15.4. The van der Waals surface area contributed by atoms with E-state index in [-0.39, 0.29) is 12.5 Å². The monoisotopic (exact) mass is 293 g/mol. The van der Waals surface area contributed by atoms with Gasteiger partial charge in [0.15, 0.2) is 0 Å². The van der Waals surface area contributed by atoms with Gasteiger partial charge < -0.3 is 15.4 Å². The van der Waals surface area contributed by atoms with Crippen molar-refractivity contribution in [2.24, 2.45) is 5.84 Å². The quantitative estimate of drug-likeness (QED) is 0.526. The van der Waals surface area contributed by atoms with Crippen LogP contribution in [0.15, 0.2) is 0 Å². The van der Waals surface area contributed by atoms with Gasteiger partial charge in [0.05, 0.1) is 0 Å². The lowest BCUT2D eigenvalue weighted by Gasteiger charge is -2.39. The van der Waals surface area contributed by atoms with E-state index < -0.39 is 0 Å². The largest absolute Gasteiger partial charge is 0.396 e. The molecule has 4 N–H and O–H groups in total. The van der Waals surface area contributed by atoms with Crippen LogP contribution in [-0.2, 0) is 0 Å². The van der Waals surface area contributed by atoms with Crippen molar-refractivity contribution < 1.29 is 5.11 Å². The van der Waals surface area contributed by atoms with Gasteiger partial charge in [0.1, 0.15) is 17.5 Å². The third kappa shape index (κ3) is 3.44. The molecule has 6 nitrogen and oxygen atoms in total. The summed E-state index contributed by atoms with van der Waals surface area (Å²) in [6.45, 7) is 7.18. The van der Waals surface area contributed by atoms with E-state index in [9.17, 15) is 0 Å². The second-order valence-corrected chi connectivity index (χ2v) is 6.03. The van der Waals surface area contributed by atoms with Crippen molar-refractivity contribution in [1.29, 1.82) is 0 Å². The zero-order valence-corrected chi connectivity index (χ0v) is 13.3. The number of rotatable bonds is 7. The topological polar surface area (TPSA) is 87.3 Å². The Morgan fingerprint density at radius 2 is 2.10 bits per heavy atom. The summed E-state index contributed by atoms with van der Waals surface area (Å²) in [6, 6.07) is 0.524. The molecule has 0 amide bonds. The van der Waals surface area contributed by atoms with Crippen molar-refractivity contribution in [2.45, 2.75) is 58.4 Å². The Morgan fingerprint density at radius 3 is 2.57 bits per heavy atom. The number of aliphatic hydroxyl groups is 1. The number of hydrazine groups is 1. The summed E-state index contributed by atoms with van der Waals surface area (Å²) in [5.74, 6) is 8.31. The van der Waals surface area contributed by atoms with Crippen LogP contribution >= 0.6 is 0 Å². The summed E-state index contributed by atoms with van der Waals surface area (Å²) < 4.78 is 0. The maximum absolute atomic E-state index is 9.16. The predicted octanol–water partition coefficient (Wildman–Crippen LogP) is 1.94. The van der Waals surface area contributed by atoms with E-state index in [2.05, 4.69) is 29.2 Å². The van der Waals surface area contributed by atoms with Gasteiger partial charge in [-0.3, -0.25) is 0 Å². The van der Waals surface area contributed by atoms with Gasteiger partial charge in [-0.05, 0) is 32.6 Å². The van der Waals surface area contributed by atoms with Crippen LogP contribution < -0.4 is 16.2 Å². The molecule has 1 saturated carbocycles. The van der Waals surface area contributed by atoms with Crippen molar-refractivity contribution >= 4 is 11.6 Å². The maximum atomic E-state index is 9.16. The highest BCUT2D eigenvalue weighted by Crippen LogP contribution is 2.33. The van der Waals surface area contributed by atoms with Gasteiger partial charge in [0.25, 0.3) is 0 Å². The van der Waals surface area contributed by atoms with Crippen LogP contribution in [0.25, 0.3) is 0 Å². The molecule has 0 aromatic carbocycles. The highest BCUT2D eigenvalue weighted by molar-refractivity contribution is 5.59. The van der Waals surface area contributed by atoms with E-state index in [0.29, 0.717) is 11.9 Å². The lowest BCUT2D eigenvalue weighted by Crippen LogP contribution is -2.42. The molecule has 0 atom stereocenters. The number of aliphatic hydroxyl groups excluding tert-OH is 1. The minimum Gasteiger partial charge on any atom is -0.396 e. The van der Waals surface area contributed by atoms with E-state index in [1.54, 1.807) is 0 Å². The van der Waals surface area contributed by atoms with Crippen molar-refractivity contribution in [3.05, 3.63) is 11.4 Å². The van der Waals surface area contributed by atoms with E-state index >= 15 is 0 Å². The molecule has 1 aromatic rings. The highest BCUT2D eigenvalue weighted by Gasteiger charge is 2.28. The Hall–Kier alpha value is -1.40. The van der Waals surface area contributed by atoms with Crippen molar-refractivity contribution in [3.8, 4) is 0 Å². The van der Waals surface area contributed by atoms with E-state index in [0.717, 1.165) is 30.2 Å². The van der Waals surface area contributed by atoms with Crippen LogP contribution in [0, 0.1) is 6.92 Å². The molecule has 0 radical (unpaired) electrons. The molecule has 0 bridgehead atoms. The number of hydrogen-bond donors (Lipinski definition) is 3. The van der Waals surface area contributed by atoms with Gasteiger partial charge in [0.2, 0.25) is 0 Å². The lowest BCUT2D eigenvalue weighted by molar-refractivity contribution is 0.282. The predicted molar refractivity (Wildman–Crippen MR) is 85.4 cm³/mol. The summed E-state index contributed by atoms with van der Waals surface area (Å²) in [5.41, 5.74) is 3.67. The van der Waals surface area contributed by atoms with Gasteiger partial charge in [-0.2, -0.15) is 0 Å². The maximum Gasteiger partial charge on any atom is 0.148 e. The second kappa shape index (κ2) is 7.04. The number of nitrogens with one attached hydrogen (secondary N) is 1. The highest BCUT2D eigenvalue weighted by atomic mass is 16.3. The zero-order valence-electron chi connectivity index (χ0n) is 13.3. The van der Waals surface area contributed by atoms with Crippen LogP contribution in [0.1, 0.15) is 56.8 Å². The fourth-order valence-corrected chi connectivity index (χ4v) is 2.60. The number of nitrogens with two attached hydrogens (primary N) is 1. The second-order valence-electron chi connectivity index (χ2n) is 6.03. The lowest BCUT2D eigenvalue weighted by atomic mass is 9.91. The molecular weight excluding hydrogens is 266 g/mol. The van der Waals surface area contributed by atoms with Crippen LogP contribution in [0.3, 0.4) is 0 Å². The third-order valence-electron chi connectivity index (χ3n) is 4.14. The number of aromatic nitrogens is 2. The fraction of sp³-hybridized carbons (Fsp3) is 0.733. The molecule has 1 aromatic heterocycles. The van der Waals surface area contributed by atoms with E-state index in [1.807, 2.05) is 6.92 Å². The summed E-state index contributed by atoms with van der Waals surface area (Å²) in [6.07, 6.45) is 4.40. The van der Waals surface area contributed by atoms with Crippen molar-refractivity contribution in [1.82, 2.24) is 9.97 Å². The third-order valence-corrected chi connectivity index (χ3v) is 4.14. The first-order chi connectivity index (χ1) is 10.1. The Labute approximate surface area is 126 Å². The first-order valence-corrected chi connectivity index (χ1v) is 7.81. The molecule has 0 spiro atoms. The number of nitrogens with zero attached hydrogens (tertiary/aromatic N) is 3. The molecule has 0 aliphatic heterocycles. The Balaban J connectivity index is 2.39. The average Bonchev–Trinajstić information content (AvgIpc) is 2.41. The van der Waals surface area contributed by atoms with Gasteiger partial charge in [0, 0.05) is 30.7 Å². The summed E-state index contributed by atoms with van der Waals surface area (Å²) in [7, 11) is 0. The molecule has 21 heavy (non-hydrogen) atoms. The molecule has 118 valence electrons. The Bertz CT molecular complexity index is 473. The van der Waals surface area contributed by atoms with Crippen LogP contribution in [0.5, 0.6) is 0 Å². The number of hydrogen-bond acceptors (Lipinski definition) is 6. The number of nitrogen functional groups attached to an aromatic ring is 1. The van der Waals surface area contributed by atoms with Gasteiger partial charge in [-0.25, -0.2) is 15.8 Å². The molecule has 1 heterocycles. The molecule has 2 rings (SSSR count). The molecule has 1 aliphatic carbocycles. The summed E-state index contributed by atoms with van der Waals surface area (Å²) >= 11 is 0. The Kier molecular flexibility index (Phi) is 5.36. The molecule has 0 saturated heterocycles. The van der Waals surface area contributed by atoms with Crippen LogP contribution in [-0.4, -0.2) is 34.3 Å². The molecule has 0 unspecified atom stereocenters. The van der Waals surface area contributed by atoms with Gasteiger partial charge in [-0.15, -0.1) is 0 Å². The SMILES string of the molecule is Cc1c(NN)nc(C(C)C)nc1N(CCCO)C1CCC1. The first kappa shape index (κ1) is 16.0. The number of anilines is 2. The molecule has 6 heteroatoms. The van der Waals surface area contributed by atoms with E-state index in [1.165, 1.54) is 19.3 Å². The van der Waals surface area contributed by atoms with Gasteiger partial charge in [-0.1, -0.05) is 13.8 Å². The molecular formula is C15H27N5O. The smallest absolute Gasteiger partial charge is 0.148 e. The van der Waals surface area contributed by atoms with Crippen molar-refractivity contribution in [3.63, 3.8) is 0 Å². The summed E-state index contributed by atoms with van der Waals surface area (Å²) in [5, 5.41) is 9.16. The average molecular weight is 293 g/mol. The Morgan fingerprint density at radius 1 is 1.38 bits per heavy atom. The van der Waals surface area contributed by atoms with E-state index in [4.69, 9.17) is 15.9 Å².